The molecular weight excluding hydrogens is 276 g/mol. The van der Waals surface area contributed by atoms with Crippen LogP contribution in [0.4, 0.5) is 0 Å². The topological polar surface area (TPSA) is 52.6 Å². The van der Waals surface area contributed by atoms with Crippen LogP contribution < -0.4 is 5.32 Å². The number of hydrogen-bond acceptors (Lipinski definition) is 3. The van der Waals surface area contributed by atoms with Gasteiger partial charge >= 0.3 is 5.97 Å². The predicted octanol–water partition coefficient (Wildman–Crippen LogP) is 2.98. The van der Waals surface area contributed by atoms with Gasteiger partial charge in [0.2, 0.25) is 0 Å². The first-order valence-electron chi connectivity index (χ1n) is 9.20. The second-order valence-electron chi connectivity index (χ2n) is 7.92. The van der Waals surface area contributed by atoms with Crippen LogP contribution in [0.1, 0.15) is 58.8 Å². The Kier molecular flexibility index (Phi) is 7.16. The van der Waals surface area contributed by atoms with Gasteiger partial charge in [-0.15, -0.1) is 0 Å². The Bertz CT molecular complexity index is 340. The molecule has 4 heteroatoms. The summed E-state index contributed by atoms with van der Waals surface area (Å²) in [5, 5.41) is 12.9. The van der Waals surface area contributed by atoms with Gasteiger partial charge in [0.15, 0.2) is 0 Å². The Labute approximate surface area is 135 Å². The highest BCUT2D eigenvalue weighted by molar-refractivity contribution is 5.67. The Morgan fingerprint density at radius 3 is 2.55 bits per heavy atom. The maximum absolute atomic E-state index is 11.1. The molecule has 2 rings (SSSR count). The van der Waals surface area contributed by atoms with Crippen molar-refractivity contribution in [3.05, 3.63) is 0 Å². The number of aliphatic carboxylic acids is 1. The lowest BCUT2D eigenvalue weighted by Crippen LogP contribution is -2.51. The molecule has 0 bridgehead atoms. The van der Waals surface area contributed by atoms with E-state index in [4.69, 9.17) is 5.11 Å². The summed E-state index contributed by atoms with van der Waals surface area (Å²) in [4.78, 5) is 13.5. The second kappa shape index (κ2) is 8.88. The molecule has 0 spiro atoms. The zero-order valence-electron chi connectivity index (χ0n) is 14.4. The second-order valence-corrected chi connectivity index (χ2v) is 7.92. The van der Waals surface area contributed by atoms with Gasteiger partial charge in [-0.05, 0) is 43.6 Å². The normalized spacial score (nSPS) is 28.1. The SMILES string of the molecule is CC(C)CN1CC(CC(=O)O)CC(NCC2CCCCC2)C1. The predicted molar refractivity (Wildman–Crippen MR) is 90.0 cm³/mol. The van der Waals surface area contributed by atoms with Crippen LogP contribution >= 0.6 is 0 Å². The molecule has 22 heavy (non-hydrogen) atoms. The van der Waals surface area contributed by atoms with Gasteiger partial charge in [0.1, 0.15) is 0 Å². The number of hydrogen-bond donors (Lipinski definition) is 2. The summed E-state index contributed by atoms with van der Waals surface area (Å²) in [6.07, 6.45) is 8.25. The molecule has 1 heterocycles. The highest BCUT2D eigenvalue weighted by Gasteiger charge is 2.29. The molecule has 0 radical (unpaired) electrons. The fourth-order valence-electron chi connectivity index (χ4n) is 4.24. The lowest BCUT2D eigenvalue weighted by Gasteiger charge is -2.39. The molecular formula is C18H34N2O2. The Morgan fingerprint density at radius 2 is 1.91 bits per heavy atom. The summed E-state index contributed by atoms with van der Waals surface area (Å²) in [7, 11) is 0. The van der Waals surface area contributed by atoms with Gasteiger partial charge in [0.05, 0.1) is 0 Å². The monoisotopic (exact) mass is 310 g/mol. The summed E-state index contributed by atoms with van der Waals surface area (Å²) in [6.45, 7) is 8.72. The molecule has 0 aromatic carbocycles. The van der Waals surface area contributed by atoms with Gasteiger partial charge < -0.3 is 15.3 Å². The van der Waals surface area contributed by atoms with E-state index >= 15 is 0 Å². The van der Waals surface area contributed by atoms with Gasteiger partial charge in [-0.3, -0.25) is 4.79 Å². The van der Waals surface area contributed by atoms with E-state index in [1.807, 2.05) is 0 Å². The van der Waals surface area contributed by atoms with Crippen LogP contribution in [-0.2, 0) is 4.79 Å². The quantitative estimate of drug-likeness (QED) is 0.759. The molecule has 2 unspecified atom stereocenters. The van der Waals surface area contributed by atoms with Crippen molar-refractivity contribution in [3.63, 3.8) is 0 Å². The van der Waals surface area contributed by atoms with Gasteiger partial charge in [-0.2, -0.15) is 0 Å². The Balaban J connectivity index is 1.82. The number of carboxylic acid groups (broad SMARTS) is 1. The average molecular weight is 310 g/mol. The third kappa shape index (κ3) is 6.25. The number of nitrogens with one attached hydrogen (secondary N) is 1. The zero-order chi connectivity index (χ0) is 15.9. The average Bonchev–Trinajstić information content (AvgIpc) is 2.44. The molecule has 4 nitrogen and oxygen atoms in total. The van der Waals surface area contributed by atoms with Crippen molar-refractivity contribution in [2.24, 2.45) is 17.8 Å². The van der Waals surface area contributed by atoms with Gasteiger partial charge in [-0.25, -0.2) is 0 Å². The van der Waals surface area contributed by atoms with E-state index in [0.717, 1.165) is 38.5 Å². The van der Waals surface area contributed by atoms with Crippen molar-refractivity contribution in [2.45, 2.75) is 64.8 Å². The van der Waals surface area contributed by atoms with E-state index in [2.05, 4.69) is 24.1 Å². The number of rotatable bonds is 7. The van der Waals surface area contributed by atoms with Crippen molar-refractivity contribution in [3.8, 4) is 0 Å². The van der Waals surface area contributed by atoms with Crippen LogP contribution in [0.5, 0.6) is 0 Å². The lowest BCUT2D eigenvalue weighted by atomic mass is 9.87. The third-order valence-electron chi connectivity index (χ3n) is 5.12. The molecule has 2 atom stereocenters. The third-order valence-corrected chi connectivity index (χ3v) is 5.12. The largest absolute Gasteiger partial charge is 0.481 e. The molecule has 1 saturated carbocycles. The number of piperidine rings is 1. The fraction of sp³-hybridized carbons (Fsp3) is 0.944. The van der Waals surface area contributed by atoms with Gasteiger partial charge in [0, 0.05) is 32.1 Å². The summed E-state index contributed by atoms with van der Waals surface area (Å²) in [5.41, 5.74) is 0. The molecule has 0 aromatic rings. The Morgan fingerprint density at radius 1 is 1.18 bits per heavy atom. The first kappa shape index (κ1) is 17.7. The van der Waals surface area contributed by atoms with E-state index in [1.54, 1.807) is 0 Å². The number of carbonyl (C=O) groups is 1. The first-order chi connectivity index (χ1) is 10.5. The van der Waals surface area contributed by atoms with Crippen molar-refractivity contribution >= 4 is 5.97 Å². The molecule has 2 N–H and O–H groups in total. The number of likely N-dealkylation sites (tertiary alicyclic amines) is 1. The maximum Gasteiger partial charge on any atom is 0.303 e. The minimum atomic E-state index is -0.651. The van der Waals surface area contributed by atoms with E-state index in [0.29, 0.717) is 24.3 Å². The molecule has 1 saturated heterocycles. The van der Waals surface area contributed by atoms with Crippen LogP contribution in [0.15, 0.2) is 0 Å². The Hall–Kier alpha value is -0.610. The summed E-state index contributed by atoms with van der Waals surface area (Å²) in [5.74, 6) is 1.13. The summed E-state index contributed by atoms with van der Waals surface area (Å²) >= 11 is 0. The van der Waals surface area contributed by atoms with Crippen molar-refractivity contribution in [1.29, 1.82) is 0 Å². The van der Waals surface area contributed by atoms with Crippen molar-refractivity contribution in [2.75, 3.05) is 26.2 Å². The van der Waals surface area contributed by atoms with E-state index < -0.39 is 5.97 Å². The minimum Gasteiger partial charge on any atom is -0.481 e. The van der Waals surface area contributed by atoms with Crippen LogP contribution in [0, 0.1) is 17.8 Å². The molecule has 0 aromatic heterocycles. The summed E-state index contributed by atoms with van der Waals surface area (Å²) in [6, 6.07) is 0.471. The molecule has 2 fully saturated rings. The fourth-order valence-corrected chi connectivity index (χ4v) is 4.24. The van der Waals surface area contributed by atoms with Gasteiger partial charge in [-0.1, -0.05) is 33.1 Å². The van der Waals surface area contributed by atoms with E-state index in [1.165, 1.54) is 32.1 Å². The molecule has 1 aliphatic carbocycles. The van der Waals surface area contributed by atoms with Crippen molar-refractivity contribution in [1.82, 2.24) is 10.2 Å². The molecule has 0 amide bonds. The minimum absolute atomic E-state index is 0.300. The highest BCUT2D eigenvalue weighted by Crippen LogP contribution is 2.25. The van der Waals surface area contributed by atoms with Gasteiger partial charge in [0.25, 0.3) is 0 Å². The number of nitrogens with zero attached hydrogens (tertiary/aromatic N) is 1. The molecule has 2 aliphatic rings. The van der Waals surface area contributed by atoms with E-state index in [-0.39, 0.29) is 0 Å². The van der Waals surface area contributed by atoms with Crippen LogP contribution in [0.3, 0.4) is 0 Å². The van der Waals surface area contributed by atoms with Crippen LogP contribution in [-0.4, -0.2) is 48.2 Å². The standard InChI is InChI=1S/C18H34N2O2/c1-14(2)11-20-12-16(9-18(21)22)8-17(13-20)19-10-15-6-4-3-5-7-15/h14-17,19H,3-13H2,1-2H3,(H,21,22). The number of carboxylic acids is 1. The molecule has 1 aliphatic heterocycles. The van der Waals surface area contributed by atoms with Crippen molar-refractivity contribution < 1.29 is 9.90 Å². The van der Waals surface area contributed by atoms with Crippen LogP contribution in [0.2, 0.25) is 0 Å². The lowest BCUT2D eigenvalue weighted by molar-refractivity contribution is -0.138. The maximum atomic E-state index is 11.1. The highest BCUT2D eigenvalue weighted by atomic mass is 16.4. The smallest absolute Gasteiger partial charge is 0.303 e. The summed E-state index contributed by atoms with van der Waals surface area (Å²) < 4.78 is 0. The zero-order valence-corrected chi connectivity index (χ0v) is 14.4. The van der Waals surface area contributed by atoms with E-state index in [9.17, 15) is 4.79 Å². The molecule has 128 valence electrons. The first-order valence-corrected chi connectivity index (χ1v) is 9.20. The van der Waals surface area contributed by atoms with Crippen LogP contribution in [0.25, 0.3) is 0 Å².